The monoisotopic (exact) mass is 268 g/mol. The van der Waals surface area contributed by atoms with Gasteiger partial charge in [-0.3, -0.25) is 4.98 Å². The van der Waals surface area contributed by atoms with E-state index >= 15 is 0 Å². The second-order valence-electron chi connectivity index (χ2n) is 6.01. The van der Waals surface area contributed by atoms with E-state index in [-0.39, 0.29) is 0 Å². The zero-order valence-corrected chi connectivity index (χ0v) is 11.5. The first-order valence-corrected chi connectivity index (χ1v) is 7.42. The second kappa shape index (κ2) is 4.63. The van der Waals surface area contributed by atoms with Gasteiger partial charge in [0, 0.05) is 35.8 Å². The summed E-state index contributed by atoms with van der Waals surface area (Å²) in [5.74, 6) is 0.799. The average molecular weight is 268 g/mol. The van der Waals surface area contributed by atoms with Crippen molar-refractivity contribution in [3.63, 3.8) is 0 Å². The molecule has 0 aliphatic carbocycles. The Morgan fingerprint density at radius 2 is 2.05 bits per heavy atom. The number of nitrogens with one attached hydrogen (secondary N) is 1. The second-order valence-corrected chi connectivity index (χ2v) is 6.01. The molecule has 4 nitrogen and oxygen atoms in total. The Labute approximate surface area is 119 Å². The number of nitrogens with two attached hydrogens (primary N) is 1. The fraction of sp³-hybridized carbons (Fsp3) is 0.438. The standard InChI is InChI=1S/C16H20N4/c17-16-13-3-6-18-9-12(13)1-2-14(16)19-15-10-20-7-4-11(15)5-8-20/h1-3,6,9,11,15,19H,4-5,7-8,10,17H2. The highest BCUT2D eigenvalue weighted by Crippen LogP contribution is 2.33. The summed E-state index contributed by atoms with van der Waals surface area (Å²) in [6.45, 7) is 3.68. The number of rotatable bonds is 2. The molecule has 1 unspecified atom stereocenters. The average Bonchev–Trinajstić information content (AvgIpc) is 2.52. The molecule has 0 spiro atoms. The molecule has 4 heteroatoms. The van der Waals surface area contributed by atoms with Crippen LogP contribution in [-0.4, -0.2) is 35.6 Å². The Balaban J connectivity index is 1.64. The van der Waals surface area contributed by atoms with E-state index < -0.39 is 0 Å². The Bertz CT molecular complexity index is 631. The van der Waals surface area contributed by atoms with Crippen LogP contribution in [0, 0.1) is 5.92 Å². The van der Waals surface area contributed by atoms with Crippen molar-refractivity contribution in [2.24, 2.45) is 5.92 Å². The molecule has 3 aliphatic heterocycles. The summed E-state index contributed by atoms with van der Waals surface area (Å²) >= 11 is 0. The van der Waals surface area contributed by atoms with Crippen LogP contribution in [0.1, 0.15) is 12.8 Å². The summed E-state index contributed by atoms with van der Waals surface area (Å²) in [6.07, 6.45) is 6.30. The van der Waals surface area contributed by atoms with Crippen molar-refractivity contribution in [2.45, 2.75) is 18.9 Å². The largest absolute Gasteiger partial charge is 0.397 e. The molecule has 4 heterocycles. The van der Waals surface area contributed by atoms with E-state index in [9.17, 15) is 0 Å². The van der Waals surface area contributed by atoms with Crippen LogP contribution in [0.5, 0.6) is 0 Å². The number of benzene rings is 1. The van der Waals surface area contributed by atoms with Crippen LogP contribution in [0.3, 0.4) is 0 Å². The molecule has 0 saturated carbocycles. The Morgan fingerprint density at radius 3 is 2.80 bits per heavy atom. The van der Waals surface area contributed by atoms with Crippen molar-refractivity contribution in [1.29, 1.82) is 0 Å². The number of hydrogen-bond donors (Lipinski definition) is 2. The summed E-state index contributed by atoms with van der Waals surface area (Å²) in [6, 6.07) is 6.73. The minimum absolute atomic E-state index is 0.541. The predicted molar refractivity (Wildman–Crippen MR) is 82.7 cm³/mol. The number of fused-ring (bicyclic) bond motifs is 4. The molecule has 20 heavy (non-hydrogen) atoms. The molecule has 3 N–H and O–H groups in total. The molecule has 5 rings (SSSR count). The highest BCUT2D eigenvalue weighted by molar-refractivity contribution is 5.98. The number of hydrogen-bond acceptors (Lipinski definition) is 4. The maximum Gasteiger partial charge on any atom is 0.0630 e. The van der Waals surface area contributed by atoms with E-state index in [1.54, 1.807) is 6.20 Å². The highest BCUT2D eigenvalue weighted by Gasteiger charge is 2.34. The van der Waals surface area contributed by atoms with Gasteiger partial charge in [0.05, 0.1) is 11.4 Å². The van der Waals surface area contributed by atoms with Crippen LogP contribution in [0.4, 0.5) is 11.4 Å². The number of nitrogens with zero attached hydrogens (tertiary/aromatic N) is 2. The Kier molecular flexibility index (Phi) is 2.77. The molecule has 2 bridgehead atoms. The topological polar surface area (TPSA) is 54.2 Å². The van der Waals surface area contributed by atoms with Gasteiger partial charge in [-0.1, -0.05) is 6.07 Å². The number of piperidine rings is 3. The zero-order chi connectivity index (χ0) is 13.5. The molecule has 3 aliphatic rings. The lowest BCUT2D eigenvalue weighted by Crippen LogP contribution is -2.53. The van der Waals surface area contributed by atoms with Gasteiger partial charge < -0.3 is 16.0 Å². The van der Waals surface area contributed by atoms with Gasteiger partial charge in [-0.25, -0.2) is 0 Å². The molecular formula is C16H20N4. The van der Waals surface area contributed by atoms with E-state index in [4.69, 9.17) is 5.73 Å². The smallest absolute Gasteiger partial charge is 0.0630 e. The zero-order valence-electron chi connectivity index (χ0n) is 11.5. The normalized spacial score (nSPS) is 28.7. The van der Waals surface area contributed by atoms with E-state index in [2.05, 4.69) is 27.3 Å². The van der Waals surface area contributed by atoms with Crippen LogP contribution >= 0.6 is 0 Å². The SMILES string of the molecule is Nc1c(NC2CN3CCC2CC3)ccc2cnccc12. The minimum Gasteiger partial charge on any atom is -0.397 e. The maximum atomic E-state index is 6.33. The van der Waals surface area contributed by atoms with Crippen molar-refractivity contribution in [3.8, 4) is 0 Å². The summed E-state index contributed by atoms with van der Waals surface area (Å²) in [4.78, 5) is 6.70. The fourth-order valence-electron chi connectivity index (χ4n) is 3.65. The van der Waals surface area contributed by atoms with Gasteiger partial charge in [0.15, 0.2) is 0 Å². The van der Waals surface area contributed by atoms with E-state index in [1.165, 1.54) is 25.9 Å². The number of anilines is 2. The first-order chi connectivity index (χ1) is 9.81. The minimum atomic E-state index is 0.541. The van der Waals surface area contributed by atoms with Gasteiger partial charge in [-0.15, -0.1) is 0 Å². The fourth-order valence-corrected chi connectivity index (χ4v) is 3.65. The van der Waals surface area contributed by atoms with Crippen molar-refractivity contribution >= 4 is 22.1 Å². The van der Waals surface area contributed by atoms with E-state index in [1.807, 2.05) is 12.3 Å². The lowest BCUT2D eigenvalue weighted by atomic mass is 9.84. The van der Waals surface area contributed by atoms with Crippen molar-refractivity contribution < 1.29 is 0 Å². The van der Waals surface area contributed by atoms with Gasteiger partial charge in [0.2, 0.25) is 0 Å². The molecule has 1 aromatic carbocycles. The quantitative estimate of drug-likeness (QED) is 0.821. The van der Waals surface area contributed by atoms with Crippen LogP contribution in [0.25, 0.3) is 10.8 Å². The first-order valence-electron chi connectivity index (χ1n) is 7.42. The third-order valence-corrected chi connectivity index (χ3v) is 4.86. The van der Waals surface area contributed by atoms with Crippen molar-refractivity contribution in [3.05, 3.63) is 30.6 Å². The van der Waals surface area contributed by atoms with Gasteiger partial charge in [-0.05, 0) is 44.0 Å². The number of aromatic nitrogens is 1. The summed E-state index contributed by atoms with van der Waals surface area (Å²) in [7, 11) is 0. The maximum absolute atomic E-state index is 6.33. The van der Waals surface area contributed by atoms with Crippen LogP contribution in [0.15, 0.2) is 30.6 Å². The summed E-state index contributed by atoms with van der Waals surface area (Å²) in [5.41, 5.74) is 8.25. The summed E-state index contributed by atoms with van der Waals surface area (Å²) in [5, 5.41) is 5.88. The molecule has 1 aromatic heterocycles. The molecule has 1 atom stereocenters. The number of pyridine rings is 1. The van der Waals surface area contributed by atoms with Crippen LogP contribution in [-0.2, 0) is 0 Å². The molecule has 2 aromatic rings. The van der Waals surface area contributed by atoms with Crippen LogP contribution in [0.2, 0.25) is 0 Å². The Hall–Kier alpha value is -1.81. The van der Waals surface area contributed by atoms with Gasteiger partial charge >= 0.3 is 0 Å². The summed E-state index contributed by atoms with van der Waals surface area (Å²) < 4.78 is 0. The highest BCUT2D eigenvalue weighted by atomic mass is 15.2. The van der Waals surface area contributed by atoms with Crippen molar-refractivity contribution in [1.82, 2.24) is 9.88 Å². The first kappa shape index (κ1) is 12.0. The van der Waals surface area contributed by atoms with Gasteiger partial charge in [0.1, 0.15) is 0 Å². The lowest BCUT2D eigenvalue weighted by Gasteiger charge is -2.45. The van der Waals surface area contributed by atoms with Gasteiger partial charge in [-0.2, -0.15) is 0 Å². The van der Waals surface area contributed by atoms with Gasteiger partial charge in [0.25, 0.3) is 0 Å². The van der Waals surface area contributed by atoms with E-state index in [0.717, 1.165) is 34.6 Å². The molecule has 3 saturated heterocycles. The molecule has 0 amide bonds. The van der Waals surface area contributed by atoms with Crippen LogP contribution < -0.4 is 11.1 Å². The third kappa shape index (κ3) is 1.91. The lowest BCUT2D eigenvalue weighted by molar-refractivity contribution is 0.0975. The predicted octanol–water partition coefficient (Wildman–Crippen LogP) is 2.32. The Morgan fingerprint density at radius 1 is 1.20 bits per heavy atom. The van der Waals surface area contributed by atoms with E-state index in [0.29, 0.717) is 6.04 Å². The molecule has 104 valence electrons. The third-order valence-electron chi connectivity index (χ3n) is 4.86. The molecule has 3 fully saturated rings. The molecule has 0 radical (unpaired) electrons. The van der Waals surface area contributed by atoms with Crippen molar-refractivity contribution in [2.75, 3.05) is 30.7 Å². The number of nitrogen functional groups attached to an aromatic ring is 1. The molecular weight excluding hydrogens is 248 g/mol.